The minimum atomic E-state index is -4.76. The predicted octanol–water partition coefficient (Wildman–Crippen LogP) is 19.9. The fourth-order valence-electron chi connectivity index (χ4n) is 12.4. The Bertz CT molecular complexity index is 5340. The molecule has 0 aliphatic carbocycles. The second kappa shape index (κ2) is 22.6. The summed E-state index contributed by atoms with van der Waals surface area (Å²) < 4.78 is 51.3. The highest BCUT2D eigenvalue weighted by molar-refractivity contribution is 6.14. The van der Waals surface area contributed by atoms with E-state index < -0.39 is 11.7 Å². The first-order valence-corrected chi connectivity index (χ1v) is 29.4. The zero-order valence-electron chi connectivity index (χ0n) is 48.6. The van der Waals surface area contributed by atoms with E-state index in [0.717, 1.165) is 94.3 Å². The molecule has 3 heterocycles. The second-order valence-electron chi connectivity index (χ2n) is 22.4. The summed E-state index contributed by atoms with van der Waals surface area (Å²) in [4.78, 5) is 15.3. The molecule has 430 valence electrons. The van der Waals surface area contributed by atoms with Crippen LogP contribution in [0.2, 0.25) is 0 Å². The second-order valence-corrected chi connectivity index (χ2v) is 22.4. The number of halogens is 3. The van der Waals surface area contributed by atoms with Gasteiger partial charge in [0.2, 0.25) is 0 Å². The topological polar surface area (TPSA) is 144 Å². The van der Waals surface area contributed by atoms with Crippen molar-refractivity contribution in [1.82, 2.24) is 24.1 Å². The van der Waals surface area contributed by atoms with Crippen LogP contribution < -0.4 is 0 Å². The summed E-state index contributed by atoms with van der Waals surface area (Å²) in [6, 6.07) is 91.7. The van der Waals surface area contributed by atoms with E-state index in [1.807, 2.05) is 180 Å². The Morgan fingerprint density at radius 1 is 0.272 bits per heavy atom. The summed E-state index contributed by atoms with van der Waals surface area (Å²) in [7, 11) is 0. The van der Waals surface area contributed by atoms with Crippen LogP contribution in [0.4, 0.5) is 13.2 Å². The zero-order chi connectivity index (χ0) is 62.6. The highest BCUT2D eigenvalue weighted by Gasteiger charge is 2.33. The normalized spacial score (nSPS) is 11.4. The molecule has 0 saturated heterocycles. The van der Waals surface area contributed by atoms with Crippen molar-refractivity contribution in [2.24, 2.45) is 0 Å². The number of hydrogen-bond acceptors (Lipinski definition) is 7. The molecule has 0 bridgehead atoms. The van der Waals surface area contributed by atoms with Crippen molar-refractivity contribution in [1.29, 1.82) is 21.0 Å². The number of alkyl halides is 3. The Balaban J connectivity index is 1.04. The number of aromatic nitrogens is 5. The number of hydrogen-bond donors (Lipinski definition) is 0. The van der Waals surface area contributed by atoms with E-state index in [2.05, 4.69) is 53.1 Å². The third kappa shape index (κ3) is 9.99. The fraction of sp³-hybridized carbons (Fsp3) is 0.0125. The average Bonchev–Trinajstić information content (AvgIpc) is 1.55. The van der Waals surface area contributed by atoms with E-state index in [9.17, 15) is 21.0 Å². The standard InChI is InChI=1S/C80H44F3N9/c81-80(82,83)64-32-33-65(76(44-64)92-74-36-29-61(55-23-15-51(47-86)16-24-55)41-69(74)70-42-62(30-37-75(70)92)56-25-17-52(48-87)18-26-56)66-43-63(79-89-77(57-7-3-1-4-8-57)88-78(90-79)58-9-5-2-6-10-58)31-38-71(66)91-72-34-27-59(53-19-11-49(45-84)12-20-53)39-67(72)68-40-60(28-35-73(68)91)54-21-13-50(46-85)14-22-54/h1-44H. The summed E-state index contributed by atoms with van der Waals surface area (Å²) in [6.07, 6.45) is -4.76. The van der Waals surface area contributed by atoms with Gasteiger partial charge in [0.05, 0.1) is 85.5 Å². The first-order chi connectivity index (χ1) is 45.0. The van der Waals surface area contributed by atoms with Crippen molar-refractivity contribution in [3.8, 4) is 125 Å². The summed E-state index contributed by atoms with van der Waals surface area (Å²) in [5.41, 5.74) is 15.0. The van der Waals surface area contributed by atoms with Crippen LogP contribution in [0.3, 0.4) is 0 Å². The molecule has 0 aliphatic heterocycles. The third-order valence-electron chi connectivity index (χ3n) is 17.0. The molecule has 3 aromatic heterocycles. The molecule has 9 nitrogen and oxygen atoms in total. The van der Waals surface area contributed by atoms with Crippen LogP contribution in [0, 0.1) is 45.3 Å². The molecule has 92 heavy (non-hydrogen) atoms. The first-order valence-electron chi connectivity index (χ1n) is 29.4. The third-order valence-corrected chi connectivity index (χ3v) is 17.0. The Morgan fingerprint density at radius 2 is 0.587 bits per heavy atom. The van der Waals surface area contributed by atoms with Crippen LogP contribution in [0.15, 0.2) is 267 Å². The minimum Gasteiger partial charge on any atom is -0.309 e. The SMILES string of the molecule is N#Cc1ccc(-c2ccc3c(c2)c2cc(-c4ccc(C#N)cc4)ccc2n3-c2ccc(-c3nc(-c4ccccc4)nc(-c4ccccc4)n3)cc2-c2ccc(C(F)(F)F)cc2-n2c3ccc(-c4ccc(C#N)cc4)cc3c3cc(-c4ccc(C#N)cc4)ccc32)cc1. The van der Waals surface area contributed by atoms with E-state index in [-0.39, 0.29) is 5.69 Å². The van der Waals surface area contributed by atoms with E-state index >= 15 is 13.2 Å². The maximum absolute atomic E-state index is 15.7. The predicted molar refractivity (Wildman–Crippen MR) is 356 cm³/mol. The Morgan fingerprint density at radius 3 is 0.924 bits per heavy atom. The molecule has 0 fully saturated rings. The number of nitrogens with zero attached hydrogens (tertiary/aromatic N) is 9. The van der Waals surface area contributed by atoms with Gasteiger partial charge in [0.15, 0.2) is 17.5 Å². The van der Waals surface area contributed by atoms with Gasteiger partial charge in [-0.05, 0) is 172 Å². The van der Waals surface area contributed by atoms with E-state index in [1.54, 1.807) is 54.6 Å². The number of rotatable bonds is 10. The monoisotopic (exact) mass is 1190 g/mol. The van der Waals surface area contributed by atoms with Crippen molar-refractivity contribution in [2.75, 3.05) is 0 Å². The van der Waals surface area contributed by atoms with Crippen LogP contribution in [0.5, 0.6) is 0 Å². The summed E-state index contributed by atoms with van der Waals surface area (Å²) >= 11 is 0. The molecule has 12 aromatic carbocycles. The highest BCUT2D eigenvalue weighted by atomic mass is 19.4. The molecule has 0 atom stereocenters. The number of nitriles is 4. The van der Waals surface area contributed by atoms with Crippen LogP contribution in [0.1, 0.15) is 27.8 Å². The lowest BCUT2D eigenvalue weighted by molar-refractivity contribution is -0.137. The van der Waals surface area contributed by atoms with Gasteiger partial charge in [0.25, 0.3) is 0 Å². The lowest BCUT2D eigenvalue weighted by Crippen LogP contribution is -2.08. The zero-order valence-corrected chi connectivity index (χ0v) is 48.6. The van der Waals surface area contributed by atoms with Gasteiger partial charge in [-0.25, -0.2) is 15.0 Å². The first kappa shape index (κ1) is 55.6. The fourth-order valence-corrected chi connectivity index (χ4v) is 12.4. The van der Waals surface area contributed by atoms with Gasteiger partial charge < -0.3 is 9.13 Å². The Kier molecular flexibility index (Phi) is 13.7. The maximum Gasteiger partial charge on any atom is 0.416 e. The van der Waals surface area contributed by atoms with Gasteiger partial charge in [0.1, 0.15) is 0 Å². The van der Waals surface area contributed by atoms with E-state index in [4.69, 9.17) is 15.0 Å². The molecular formula is C80H44F3N9. The molecule has 12 heteroatoms. The number of fused-ring (bicyclic) bond motifs is 6. The van der Waals surface area contributed by atoms with E-state index in [1.165, 1.54) is 6.07 Å². The molecule has 0 saturated carbocycles. The minimum absolute atomic E-state index is 0.244. The van der Waals surface area contributed by atoms with Crippen molar-refractivity contribution < 1.29 is 13.2 Å². The lowest BCUT2D eigenvalue weighted by atomic mass is 9.96. The summed E-state index contributed by atoms with van der Waals surface area (Å²) in [6.45, 7) is 0. The van der Waals surface area contributed by atoms with Gasteiger partial charge in [-0.15, -0.1) is 0 Å². The molecule has 0 spiro atoms. The quantitative estimate of drug-likeness (QED) is 0.133. The molecular weight excluding hydrogens is 1140 g/mol. The average molecular weight is 1190 g/mol. The van der Waals surface area contributed by atoms with Crippen LogP contribution >= 0.6 is 0 Å². The van der Waals surface area contributed by atoms with Gasteiger partial charge in [-0.1, -0.05) is 140 Å². The molecule has 15 rings (SSSR count). The van der Waals surface area contributed by atoms with Gasteiger partial charge in [-0.3, -0.25) is 0 Å². The molecule has 15 aromatic rings. The van der Waals surface area contributed by atoms with Crippen molar-refractivity contribution in [2.45, 2.75) is 6.18 Å². The smallest absolute Gasteiger partial charge is 0.309 e. The van der Waals surface area contributed by atoms with Gasteiger partial charge in [-0.2, -0.15) is 34.2 Å². The largest absolute Gasteiger partial charge is 0.416 e. The summed E-state index contributed by atoms with van der Waals surface area (Å²) in [5.74, 6) is 1.20. The molecule has 0 N–H and O–H groups in total. The number of benzene rings is 12. The van der Waals surface area contributed by atoms with Crippen LogP contribution in [-0.2, 0) is 6.18 Å². The van der Waals surface area contributed by atoms with Gasteiger partial charge in [0, 0.05) is 49.4 Å². The lowest BCUT2D eigenvalue weighted by Gasteiger charge is -2.21. The summed E-state index contributed by atoms with van der Waals surface area (Å²) in [5, 5.41) is 42.1. The molecule has 0 amide bonds. The molecule has 0 radical (unpaired) electrons. The van der Waals surface area contributed by atoms with Crippen molar-refractivity contribution in [3.05, 3.63) is 295 Å². The Labute approximate surface area is 525 Å². The molecule has 0 unspecified atom stereocenters. The van der Waals surface area contributed by atoms with Crippen molar-refractivity contribution in [3.63, 3.8) is 0 Å². The highest BCUT2D eigenvalue weighted by Crippen LogP contribution is 2.46. The van der Waals surface area contributed by atoms with Crippen LogP contribution in [-0.4, -0.2) is 24.1 Å². The van der Waals surface area contributed by atoms with Crippen molar-refractivity contribution >= 4 is 43.6 Å². The maximum atomic E-state index is 15.7. The van der Waals surface area contributed by atoms with Crippen LogP contribution in [0.25, 0.3) is 145 Å². The van der Waals surface area contributed by atoms with Gasteiger partial charge >= 0.3 is 6.18 Å². The Hall–Kier alpha value is -13.0. The van der Waals surface area contributed by atoms with E-state index in [0.29, 0.717) is 73.1 Å². The molecule has 0 aliphatic rings.